The van der Waals surface area contributed by atoms with Gasteiger partial charge in [0.1, 0.15) is 25.1 Å². The zero-order chi connectivity index (χ0) is 27.6. The summed E-state index contributed by atoms with van der Waals surface area (Å²) in [5.41, 5.74) is 0.866. The minimum Gasteiger partial charge on any atom is -0.480 e. The lowest BCUT2D eigenvalue weighted by atomic mass is 10.2. The van der Waals surface area contributed by atoms with Gasteiger partial charge < -0.3 is 35.4 Å². The highest BCUT2D eigenvalue weighted by molar-refractivity contribution is 5.87. The first-order valence-corrected chi connectivity index (χ1v) is 12.9. The maximum Gasteiger partial charge on any atom is 0.410 e. The SMILES string of the molecule is O=C(COC1C[C@@H](CNc2ccccn2)N(C(=O)OCc2ccccc2)C1)NC[C@H](NC(=O)C1CC1)C(=O)O. The number of nitrogens with one attached hydrogen (secondary N) is 3. The molecule has 4 N–H and O–H groups in total. The molecule has 1 saturated carbocycles. The Hall–Kier alpha value is -4.19. The lowest BCUT2D eigenvalue weighted by molar-refractivity contribution is -0.142. The van der Waals surface area contributed by atoms with E-state index in [1.807, 2.05) is 48.5 Å². The number of aliphatic carboxylic acids is 1. The second kappa shape index (κ2) is 13.6. The van der Waals surface area contributed by atoms with E-state index in [4.69, 9.17) is 9.47 Å². The number of anilines is 1. The second-order valence-corrected chi connectivity index (χ2v) is 9.59. The van der Waals surface area contributed by atoms with E-state index in [1.165, 1.54) is 0 Å². The van der Waals surface area contributed by atoms with Gasteiger partial charge in [0.2, 0.25) is 11.8 Å². The highest BCUT2D eigenvalue weighted by atomic mass is 16.6. The summed E-state index contributed by atoms with van der Waals surface area (Å²) in [4.78, 5) is 54.5. The predicted molar refractivity (Wildman–Crippen MR) is 140 cm³/mol. The van der Waals surface area contributed by atoms with Gasteiger partial charge in [-0.15, -0.1) is 0 Å². The number of carbonyl (C=O) groups excluding carboxylic acids is 3. The Kier molecular flexibility index (Phi) is 9.68. The predicted octanol–water partition coefficient (Wildman–Crippen LogP) is 1.39. The number of carboxylic acids is 1. The Labute approximate surface area is 226 Å². The molecule has 2 heterocycles. The molecule has 1 saturated heterocycles. The van der Waals surface area contributed by atoms with E-state index in [1.54, 1.807) is 11.1 Å². The number of aromatic nitrogens is 1. The third kappa shape index (κ3) is 8.67. The van der Waals surface area contributed by atoms with Crippen LogP contribution in [0.4, 0.5) is 10.6 Å². The summed E-state index contributed by atoms with van der Waals surface area (Å²) in [5, 5.41) is 17.5. The molecule has 12 heteroatoms. The van der Waals surface area contributed by atoms with E-state index in [-0.39, 0.29) is 44.2 Å². The third-order valence-corrected chi connectivity index (χ3v) is 6.52. The summed E-state index contributed by atoms with van der Waals surface area (Å²) in [5.74, 6) is -1.54. The molecule has 0 spiro atoms. The van der Waals surface area contributed by atoms with Crippen molar-refractivity contribution in [3.05, 3.63) is 60.3 Å². The molecule has 1 aliphatic heterocycles. The van der Waals surface area contributed by atoms with Crippen LogP contribution in [0.5, 0.6) is 0 Å². The molecule has 2 aromatic rings. The molecule has 0 radical (unpaired) electrons. The molecule has 2 fully saturated rings. The van der Waals surface area contributed by atoms with Gasteiger partial charge in [-0.25, -0.2) is 14.6 Å². The van der Waals surface area contributed by atoms with E-state index in [9.17, 15) is 24.3 Å². The Balaban J connectivity index is 1.27. The normalized spacial score (nSPS) is 19.1. The van der Waals surface area contributed by atoms with Gasteiger partial charge in [0.25, 0.3) is 0 Å². The van der Waals surface area contributed by atoms with Crippen LogP contribution in [0, 0.1) is 5.92 Å². The Morgan fingerprint density at radius 3 is 2.54 bits per heavy atom. The summed E-state index contributed by atoms with van der Waals surface area (Å²) in [6.45, 7) is 0.192. The van der Waals surface area contributed by atoms with Crippen LogP contribution in [-0.2, 0) is 30.5 Å². The van der Waals surface area contributed by atoms with Gasteiger partial charge in [-0.05, 0) is 37.0 Å². The van der Waals surface area contributed by atoms with Crippen LogP contribution < -0.4 is 16.0 Å². The molecule has 1 aliphatic carbocycles. The highest BCUT2D eigenvalue weighted by Crippen LogP contribution is 2.28. The minimum absolute atomic E-state index is 0.131. The zero-order valence-corrected chi connectivity index (χ0v) is 21.5. The highest BCUT2D eigenvalue weighted by Gasteiger charge is 2.37. The van der Waals surface area contributed by atoms with E-state index >= 15 is 0 Å². The first-order valence-electron chi connectivity index (χ1n) is 12.9. The summed E-state index contributed by atoms with van der Waals surface area (Å²) in [7, 11) is 0. The quantitative estimate of drug-likeness (QED) is 0.295. The number of amides is 3. The number of nitrogens with zero attached hydrogens (tertiary/aromatic N) is 2. The molecule has 208 valence electrons. The first kappa shape index (κ1) is 27.8. The molecule has 3 atom stereocenters. The average Bonchev–Trinajstić information content (AvgIpc) is 3.72. The fourth-order valence-corrected chi connectivity index (χ4v) is 4.20. The molecular weight excluding hydrogens is 506 g/mol. The summed E-state index contributed by atoms with van der Waals surface area (Å²) >= 11 is 0. The number of pyridine rings is 1. The van der Waals surface area contributed by atoms with Gasteiger partial charge in [0.05, 0.1) is 18.7 Å². The first-order chi connectivity index (χ1) is 18.9. The van der Waals surface area contributed by atoms with E-state index in [2.05, 4.69) is 20.9 Å². The fraction of sp³-hybridized carbons (Fsp3) is 0.444. The maximum atomic E-state index is 12.9. The van der Waals surface area contributed by atoms with Crippen molar-refractivity contribution in [2.75, 3.05) is 31.6 Å². The molecule has 1 aromatic carbocycles. The maximum absolute atomic E-state index is 12.9. The molecule has 0 bridgehead atoms. The van der Waals surface area contributed by atoms with Crippen molar-refractivity contribution in [1.82, 2.24) is 20.5 Å². The number of carboxylic acid groups (broad SMARTS) is 1. The minimum atomic E-state index is -1.23. The summed E-state index contributed by atoms with van der Waals surface area (Å²) < 4.78 is 11.3. The lowest BCUT2D eigenvalue weighted by Crippen LogP contribution is -2.49. The van der Waals surface area contributed by atoms with Crippen molar-refractivity contribution in [3.63, 3.8) is 0 Å². The van der Waals surface area contributed by atoms with E-state index in [0.29, 0.717) is 18.8 Å². The van der Waals surface area contributed by atoms with Crippen LogP contribution in [0.1, 0.15) is 24.8 Å². The molecule has 39 heavy (non-hydrogen) atoms. The molecule has 3 amide bonds. The number of carbonyl (C=O) groups is 4. The molecule has 1 aromatic heterocycles. The molecule has 12 nitrogen and oxygen atoms in total. The number of hydrogen-bond donors (Lipinski definition) is 4. The number of benzene rings is 1. The van der Waals surface area contributed by atoms with Crippen LogP contribution in [-0.4, -0.2) is 83.3 Å². The van der Waals surface area contributed by atoms with Crippen molar-refractivity contribution in [1.29, 1.82) is 0 Å². The fourth-order valence-electron chi connectivity index (χ4n) is 4.20. The average molecular weight is 540 g/mol. The number of likely N-dealkylation sites (tertiary alicyclic amines) is 1. The summed E-state index contributed by atoms with van der Waals surface area (Å²) in [6.07, 6.45) is 2.70. The zero-order valence-electron chi connectivity index (χ0n) is 21.5. The monoisotopic (exact) mass is 539 g/mol. The molecule has 2 aliphatic rings. The van der Waals surface area contributed by atoms with Gasteiger partial charge in [0.15, 0.2) is 0 Å². The topological polar surface area (TPSA) is 159 Å². The van der Waals surface area contributed by atoms with Crippen LogP contribution in [0.3, 0.4) is 0 Å². The molecule has 4 rings (SSSR count). The number of rotatable bonds is 13. The van der Waals surface area contributed by atoms with Crippen LogP contribution >= 0.6 is 0 Å². The third-order valence-electron chi connectivity index (χ3n) is 6.52. The Morgan fingerprint density at radius 1 is 1.08 bits per heavy atom. The van der Waals surface area contributed by atoms with E-state index < -0.39 is 30.1 Å². The Bertz CT molecular complexity index is 1130. The van der Waals surface area contributed by atoms with Gasteiger partial charge in [-0.1, -0.05) is 36.4 Å². The van der Waals surface area contributed by atoms with Crippen molar-refractivity contribution in [3.8, 4) is 0 Å². The van der Waals surface area contributed by atoms with Gasteiger partial charge in [0, 0.05) is 25.2 Å². The van der Waals surface area contributed by atoms with Gasteiger partial charge in [-0.2, -0.15) is 0 Å². The van der Waals surface area contributed by atoms with Crippen LogP contribution in [0.25, 0.3) is 0 Å². The smallest absolute Gasteiger partial charge is 0.410 e. The van der Waals surface area contributed by atoms with Crippen molar-refractivity contribution in [2.24, 2.45) is 5.92 Å². The van der Waals surface area contributed by atoms with E-state index in [0.717, 1.165) is 18.4 Å². The summed E-state index contributed by atoms with van der Waals surface area (Å²) in [6, 6.07) is 13.4. The largest absolute Gasteiger partial charge is 0.480 e. The van der Waals surface area contributed by atoms with Crippen molar-refractivity contribution >= 4 is 29.7 Å². The molecular formula is C27H33N5O7. The number of ether oxygens (including phenoxy) is 2. The van der Waals surface area contributed by atoms with Gasteiger partial charge in [-0.3, -0.25) is 9.59 Å². The van der Waals surface area contributed by atoms with Crippen molar-refractivity contribution < 1.29 is 33.8 Å². The van der Waals surface area contributed by atoms with Crippen molar-refractivity contribution in [2.45, 2.75) is 44.1 Å². The molecule has 1 unspecified atom stereocenters. The van der Waals surface area contributed by atoms with Crippen LogP contribution in [0.2, 0.25) is 0 Å². The Morgan fingerprint density at radius 2 is 1.85 bits per heavy atom. The van der Waals surface area contributed by atoms with Crippen LogP contribution in [0.15, 0.2) is 54.7 Å². The number of hydrogen-bond acceptors (Lipinski definition) is 8. The standard InChI is InChI=1S/C27H33N5O7/c33-24(30-14-22(26(35)36)31-25(34)19-9-10-19)17-38-21-12-20(13-29-23-8-4-5-11-28-23)32(15-21)27(37)39-16-18-6-2-1-3-7-18/h1-8,11,19-22H,9-10,12-17H2,(H,28,29)(H,30,33)(H,31,34)(H,35,36)/t20-,21?,22-/m0/s1. The lowest BCUT2D eigenvalue weighted by Gasteiger charge is -2.24. The second-order valence-electron chi connectivity index (χ2n) is 9.59. The van der Waals surface area contributed by atoms with Gasteiger partial charge >= 0.3 is 12.1 Å².